The number of aliphatic hydroxyl groups excluding tert-OH is 1. The van der Waals surface area contributed by atoms with Crippen molar-refractivity contribution in [2.75, 3.05) is 24.6 Å². The molecule has 1 aromatic heterocycles. The van der Waals surface area contributed by atoms with E-state index < -0.39 is 5.91 Å². The third kappa shape index (κ3) is 3.41. The Morgan fingerprint density at radius 3 is 2.50 bits per heavy atom. The van der Waals surface area contributed by atoms with E-state index in [1.165, 1.54) is 5.56 Å². The van der Waals surface area contributed by atoms with E-state index in [2.05, 4.69) is 22.0 Å². The van der Waals surface area contributed by atoms with Crippen molar-refractivity contribution in [1.29, 1.82) is 0 Å². The predicted octanol–water partition coefficient (Wildman–Crippen LogP) is 2.00. The first kappa shape index (κ1) is 16.5. The Bertz CT molecular complexity index is 695. The van der Waals surface area contributed by atoms with Crippen LogP contribution in [-0.2, 0) is 6.42 Å². The lowest BCUT2D eigenvalue weighted by Gasteiger charge is -2.41. The highest BCUT2D eigenvalue weighted by atomic mass is 16.3. The minimum absolute atomic E-state index is 0.112. The van der Waals surface area contributed by atoms with Gasteiger partial charge in [0.15, 0.2) is 0 Å². The number of anilines is 1. The molecule has 1 saturated heterocycles. The molecule has 1 aromatic carbocycles. The molecule has 3 N–H and O–H groups in total. The normalized spacial score (nSPS) is 16.8. The third-order valence-electron chi connectivity index (χ3n) is 4.93. The van der Waals surface area contributed by atoms with E-state index in [0.717, 1.165) is 32.4 Å². The van der Waals surface area contributed by atoms with Crippen LogP contribution in [0.15, 0.2) is 48.7 Å². The fourth-order valence-electron chi connectivity index (χ4n) is 3.45. The van der Waals surface area contributed by atoms with Crippen LogP contribution in [-0.4, -0.2) is 35.7 Å². The number of amides is 1. The number of nitrogens with zero attached hydrogens (tertiary/aromatic N) is 2. The molecule has 3 rings (SSSR count). The molecule has 1 aliphatic heterocycles. The van der Waals surface area contributed by atoms with Gasteiger partial charge in [0.2, 0.25) is 0 Å². The van der Waals surface area contributed by atoms with Gasteiger partial charge in [-0.15, -0.1) is 0 Å². The topological polar surface area (TPSA) is 79.5 Å². The van der Waals surface area contributed by atoms with Crippen molar-refractivity contribution in [3.63, 3.8) is 0 Å². The molecular weight excluding hydrogens is 302 g/mol. The van der Waals surface area contributed by atoms with Gasteiger partial charge in [0.25, 0.3) is 5.91 Å². The molecule has 1 fully saturated rings. The number of carbonyl (C=O) groups excluding carboxylic acids is 1. The number of hydrogen-bond donors (Lipinski definition) is 2. The van der Waals surface area contributed by atoms with Crippen LogP contribution in [0.3, 0.4) is 0 Å². The van der Waals surface area contributed by atoms with E-state index >= 15 is 0 Å². The second-order valence-electron chi connectivity index (χ2n) is 6.55. The number of pyridine rings is 1. The van der Waals surface area contributed by atoms with Crippen molar-refractivity contribution < 1.29 is 9.90 Å². The largest absolute Gasteiger partial charge is 0.396 e. The van der Waals surface area contributed by atoms with Gasteiger partial charge in [-0.05, 0) is 37.0 Å². The minimum atomic E-state index is -0.457. The van der Waals surface area contributed by atoms with Gasteiger partial charge >= 0.3 is 0 Å². The summed E-state index contributed by atoms with van der Waals surface area (Å²) in [5.41, 5.74) is 7.05. The molecule has 0 spiro atoms. The van der Waals surface area contributed by atoms with Crippen LogP contribution in [0.4, 0.5) is 5.82 Å². The highest BCUT2D eigenvalue weighted by Gasteiger charge is 2.35. The van der Waals surface area contributed by atoms with Crippen molar-refractivity contribution >= 4 is 11.7 Å². The van der Waals surface area contributed by atoms with Crippen molar-refractivity contribution in [1.82, 2.24) is 4.98 Å². The second kappa shape index (κ2) is 7.01. The quantitative estimate of drug-likeness (QED) is 0.881. The Morgan fingerprint density at radius 1 is 1.17 bits per heavy atom. The number of hydrogen-bond acceptors (Lipinski definition) is 4. The van der Waals surface area contributed by atoms with Gasteiger partial charge in [0.05, 0.1) is 5.56 Å². The maximum absolute atomic E-state index is 11.6. The van der Waals surface area contributed by atoms with Crippen LogP contribution in [0.1, 0.15) is 28.8 Å². The van der Waals surface area contributed by atoms with Crippen LogP contribution in [0.5, 0.6) is 0 Å². The fourth-order valence-corrected chi connectivity index (χ4v) is 3.45. The van der Waals surface area contributed by atoms with Crippen LogP contribution in [0.25, 0.3) is 0 Å². The standard InChI is InChI=1S/C19H23N3O2/c20-17(24)16-7-4-10-21-18(16)22-11-8-19(14-23,9-12-22)13-15-5-2-1-3-6-15/h1-7,10,23H,8-9,11-14H2,(H2,20,24). The zero-order valence-electron chi connectivity index (χ0n) is 13.7. The highest BCUT2D eigenvalue weighted by Crippen LogP contribution is 2.36. The van der Waals surface area contributed by atoms with Gasteiger partial charge in [-0.25, -0.2) is 4.98 Å². The summed E-state index contributed by atoms with van der Waals surface area (Å²) in [6.07, 6.45) is 4.25. The maximum Gasteiger partial charge on any atom is 0.252 e. The first-order valence-electron chi connectivity index (χ1n) is 8.28. The molecule has 1 amide bonds. The molecule has 0 unspecified atom stereocenters. The van der Waals surface area contributed by atoms with Crippen LogP contribution < -0.4 is 10.6 Å². The molecule has 2 heterocycles. The van der Waals surface area contributed by atoms with Crippen LogP contribution >= 0.6 is 0 Å². The Hall–Kier alpha value is -2.40. The van der Waals surface area contributed by atoms with Crippen LogP contribution in [0, 0.1) is 5.41 Å². The van der Waals surface area contributed by atoms with E-state index in [1.54, 1.807) is 18.3 Å². The zero-order valence-corrected chi connectivity index (χ0v) is 13.7. The monoisotopic (exact) mass is 325 g/mol. The Balaban J connectivity index is 1.74. The number of carbonyl (C=O) groups is 1. The average Bonchev–Trinajstić information content (AvgIpc) is 2.63. The van der Waals surface area contributed by atoms with E-state index in [9.17, 15) is 9.90 Å². The number of aromatic nitrogens is 1. The SMILES string of the molecule is NC(=O)c1cccnc1N1CCC(CO)(Cc2ccccc2)CC1. The molecule has 126 valence electrons. The molecule has 24 heavy (non-hydrogen) atoms. The number of benzene rings is 1. The minimum Gasteiger partial charge on any atom is -0.396 e. The van der Waals surface area contributed by atoms with Gasteiger partial charge in [-0.2, -0.15) is 0 Å². The Labute approximate surface area is 142 Å². The Kier molecular flexibility index (Phi) is 4.81. The van der Waals surface area contributed by atoms with E-state index in [1.807, 2.05) is 18.2 Å². The first-order valence-corrected chi connectivity index (χ1v) is 8.28. The van der Waals surface area contributed by atoms with Crippen molar-refractivity contribution in [2.24, 2.45) is 11.1 Å². The number of rotatable bonds is 5. The third-order valence-corrected chi connectivity index (χ3v) is 4.93. The second-order valence-corrected chi connectivity index (χ2v) is 6.55. The summed E-state index contributed by atoms with van der Waals surface area (Å²) in [6, 6.07) is 13.7. The first-order chi connectivity index (χ1) is 11.6. The predicted molar refractivity (Wildman–Crippen MR) is 93.9 cm³/mol. The summed E-state index contributed by atoms with van der Waals surface area (Å²) in [7, 11) is 0. The summed E-state index contributed by atoms with van der Waals surface area (Å²) in [5.74, 6) is 0.192. The number of nitrogens with two attached hydrogens (primary N) is 1. The molecule has 0 bridgehead atoms. The summed E-state index contributed by atoms with van der Waals surface area (Å²) in [4.78, 5) is 18.0. The van der Waals surface area contributed by atoms with Gasteiger partial charge < -0.3 is 15.7 Å². The molecule has 5 heteroatoms. The summed E-state index contributed by atoms with van der Waals surface area (Å²) in [6.45, 7) is 1.68. The van der Waals surface area contributed by atoms with Gasteiger partial charge in [-0.1, -0.05) is 30.3 Å². The zero-order chi connectivity index (χ0) is 17.0. The lowest BCUT2D eigenvalue weighted by Crippen LogP contribution is -2.44. The molecule has 1 aliphatic rings. The summed E-state index contributed by atoms with van der Waals surface area (Å²) < 4.78 is 0. The fraction of sp³-hybridized carbons (Fsp3) is 0.368. The molecule has 0 saturated carbocycles. The molecule has 0 aliphatic carbocycles. The van der Waals surface area contributed by atoms with E-state index in [-0.39, 0.29) is 12.0 Å². The molecule has 5 nitrogen and oxygen atoms in total. The number of aliphatic hydroxyl groups is 1. The maximum atomic E-state index is 11.6. The Morgan fingerprint density at radius 2 is 1.88 bits per heavy atom. The molecule has 0 radical (unpaired) electrons. The highest BCUT2D eigenvalue weighted by molar-refractivity contribution is 5.97. The van der Waals surface area contributed by atoms with Gasteiger partial charge in [0.1, 0.15) is 5.82 Å². The average molecular weight is 325 g/mol. The van der Waals surface area contributed by atoms with E-state index in [4.69, 9.17) is 5.73 Å². The molecule has 2 aromatic rings. The number of piperidine rings is 1. The van der Waals surface area contributed by atoms with Crippen molar-refractivity contribution in [3.05, 3.63) is 59.8 Å². The lowest BCUT2D eigenvalue weighted by atomic mass is 9.74. The van der Waals surface area contributed by atoms with Crippen LogP contribution in [0.2, 0.25) is 0 Å². The van der Waals surface area contributed by atoms with Gasteiger partial charge in [0, 0.05) is 31.3 Å². The lowest BCUT2D eigenvalue weighted by molar-refractivity contribution is 0.0955. The van der Waals surface area contributed by atoms with Crippen molar-refractivity contribution in [3.8, 4) is 0 Å². The smallest absolute Gasteiger partial charge is 0.252 e. The van der Waals surface area contributed by atoms with Crippen molar-refractivity contribution in [2.45, 2.75) is 19.3 Å². The van der Waals surface area contributed by atoms with Gasteiger partial charge in [-0.3, -0.25) is 4.79 Å². The van der Waals surface area contributed by atoms with E-state index in [0.29, 0.717) is 11.4 Å². The molecular formula is C19H23N3O2. The number of primary amides is 1. The summed E-state index contributed by atoms with van der Waals surface area (Å²) >= 11 is 0. The molecule has 0 atom stereocenters. The summed E-state index contributed by atoms with van der Waals surface area (Å²) in [5, 5.41) is 9.99.